The maximum Gasteiger partial charge on any atom is 0.314 e. The molecule has 12 heteroatoms. The summed E-state index contributed by atoms with van der Waals surface area (Å²) >= 11 is 0. The molecule has 4 fully saturated rings. The molecule has 2 aromatic heterocycles. The first-order valence-electron chi connectivity index (χ1n) is 15.2. The van der Waals surface area contributed by atoms with Crippen molar-refractivity contribution in [2.75, 3.05) is 0 Å². The van der Waals surface area contributed by atoms with Gasteiger partial charge >= 0.3 is 23.9 Å². The maximum atomic E-state index is 12.6. The van der Waals surface area contributed by atoms with Gasteiger partial charge in [-0.15, -0.1) is 0 Å². The van der Waals surface area contributed by atoms with Crippen LogP contribution in [0.5, 0.6) is 11.5 Å². The third kappa shape index (κ3) is 7.93. The summed E-state index contributed by atoms with van der Waals surface area (Å²) < 4.78 is 22.8. The molecule has 2 heterocycles. The van der Waals surface area contributed by atoms with E-state index in [4.69, 9.17) is 18.9 Å². The fourth-order valence-electron chi connectivity index (χ4n) is 4.56. The van der Waals surface area contributed by atoms with Gasteiger partial charge < -0.3 is 18.9 Å². The van der Waals surface area contributed by atoms with Crippen LogP contribution < -0.4 is 9.47 Å². The monoisotopic (exact) mass is 640 g/mol. The third-order valence-corrected chi connectivity index (χ3v) is 10.3. The molecule has 234 valence electrons. The Morgan fingerprint density at radius 1 is 0.614 bits per heavy atom. The molecule has 0 aromatic carbocycles. The minimum atomic E-state index is -0.274. The third-order valence-electron chi connectivity index (χ3n) is 8.09. The molecule has 4 saturated carbocycles. The van der Waals surface area contributed by atoms with Crippen molar-refractivity contribution < 1.29 is 38.1 Å². The lowest BCUT2D eigenvalue weighted by atomic mass is 10.1. The number of rotatable bonds is 15. The highest BCUT2D eigenvalue weighted by Crippen LogP contribution is 2.40. The van der Waals surface area contributed by atoms with Crippen molar-refractivity contribution in [2.24, 2.45) is 23.7 Å². The number of hydrogen-bond acceptors (Lipinski definition) is 12. The molecule has 0 bridgehead atoms. The van der Waals surface area contributed by atoms with Crippen LogP contribution in [0.25, 0.3) is 0 Å². The van der Waals surface area contributed by atoms with E-state index in [1.807, 2.05) is 0 Å². The van der Waals surface area contributed by atoms with E-state index >= 15 is 0 Å². The Labute approximate surface area is 264 Å². The molecule has 0 radical (unpaired) electrons. The number of carbonyl (C=O) groups excluding carboxylic acids is 4. The van der Waals surface area contributed by atoms with Crippen molar-refractivity contribution in [3.63, 3.8) is 0 Å². The SMILES string of the molecule is Cc1ncc(CSSCc2cnc(C)c(OC(=O)C3CC3)c2COC(=O)C2CC2)c(COC(=O)C2CC2)c1OC(=O)C1CC1. The van der Waals surface area contributed by atoms with Gasteiger partial charge in [0.1, 0.15) is 13.2 Å². The predicted octanol–water partition coefficient (Wildman–Crippen LogP) is 5.71. The normalized spacial score (nSPS) is 17.6. The summed E-state index contributed by atoms with van der Waals surface area (Å²) in [6.45, 7) is 3.59. The zero-order valence-electron chi connectivity index (χ0n) is 24.9. The van der Waals surface area contributed by atoms with Crippen molar-refractivity contribution >= 4 is 45.5 Å². The topological polar surface area (TPSA) is 131 Å². The first kappa shape index (κ1) is 30.9. The lowest BCUT2D eigenvalue weighted by molar-refractivity contribution is -0.147. The molecular formula is C32H36N2O8S2. The van der Waals surface area contributed by atoms with Gasteiger partial charge in [0.25, 0.3) is 0 Å². The number of aryl methyl sites for hydroxylation is 2. The molecule has 0 N–H and O–H groups in total. The van der Waals surface area contributed by atoms with E-state index < -0.39 is 0 Å². The highest BCUT2D eigenvalue weighted by atomic mass is 33.1. The highest BCUT2D eigenvalue weighted by Gasteiger charge is 2.35. The standard InChI is InChI=1S/C32H36N2O8S2/c1-17-27(41-31(37)21-7-8-21)25(13-39-29(35)19-3-4-19)23(11-33-17)15-43-44-16-24-12-34-18(2)28(42-32(38)22-9-10-22)26(24)14-40-30(36)20-5-6-20/h11-12,19-22H,3-10,13-16H2,1-2H3. The van der Waals surface area contributed by atoms with Crippen molar-refractivity contribution in [1.29, 1.82) is 0 Å². The Morgan fingerprint density at radius 2 is 0.955 bits per heavy atom. The van der Waals surface area contributed by atoms with Crippen LogP contribution in [-0.4, -0.2) is 33.8 Å². The molecule has 0 saturated heterocycles. The average Bonchev–Trinajstić information content (AvgIpc) is 3.85. The van der Waals surface area contributed by atoms with Crippen LogP contribution in [0, 0.1) is 37.5 Å². The van der Waals surface area contributed by atoms with Gasteiger partial charge in [0, 0.05) is 35.0 Å². The van der Waals surface area contributed by atoms with E-state index in [1.54, 1.807) is 47.8 Å². The van der Waals surface area contributed by atoms with Crippen LogP contribution in [0.2, 0.25) is 0 Å². The van der Waals surface area contributed by atoms with E-state index in [0.29, 0.717) is 45.5 Å². The minimum Gasteiger partial charge on any atom is -0.460 e. The first-order chi connectivity index (χ1) is 21.3. The van der Waals surface area contributed by atoms with Crippen LogP contribution in [0.3, 0.4) is 0 Å². The first-order valence-corrected chi connectivity index (χ1v) is 17.7. The summed E-state index contributed by atoms with van der Waals surface area (Å²) in [7, 11) is 3.12. The number of aromatic nitrogens is 2. The summed E-state index contributed by atoms with van der Waals surface area (Å²) in [6, 6.07) is 0. The molecule has 10 nitrogen and oxygen atoms in total. The fraction of sp³-hybridized carbons (Fsp3) is 0.562. The van der Waals surface area contributed by atoms with Crippen molar-refractivity contribution in [3.8, 4) is 11.5 Å². The average molecular weight is 641 g/mol. The highest BCUT2D eigenvalue weighted by molar-refractivity contribution is 8.76. The molecule has 44 heavy (non-hydrogen) atoms. The maximum absolute atomic E-state index is 12.6. The van der Waals surface area contributed by atoms with E-state index in [9.17, 15) is 19.2 Å². The van der Waals surface area contributed by atoms with Gasteiger partial charge in [0.05, 0.1) is 35.1 Å². The summed E-state index contributed by atoms with van der Waals surface area (Å²) in [4.78, 5) is 58.8. The van der Waals surface area contributed by atoms with E-state index in [-0.39, 0.29) is 60.8 Å². The van der Waals surface area contributed by atoms with Gasteiger partial charge in [-0.2, -0.15) is 0 Å². The van der Waals surface area contributed by atoms with Crippen molar-refractivity contribution in [2.45, 2.75) is 89.9 Å². The van der Waals surface area contributed by atoms with Gasteiger partial charge in [-0.1, -0.05) is 21.6 Å². The summed E-state index contributed by atoms with van der Waals surface area (Å²) in [5.74, 6) is 0.506. The van der Waals surface area contributed by atoms with Crippen LogP contribution in [0.4, 0.5) is 0 Å². The Bertz CT molecular complexity index is 1360. The predicted molar refractivity (Wildman–Crippen MR) is 162 cm³/mol. The van der Waals surface area contributed by atoms with Gasteiger partial charge in [0.15, 0.2) is 11.5 Å². The lowest BCUT2D eigenvalue weighted by Gasteiger charge is -2.17. The Morgan fingerprint density at radius 3 is 1.30 bits per heavy atom. The van der Waals surface area contributed by atoms with Crippen LogP contribution in [0.1, 0.15) is 85.0 Å². The summed E-state index contributed by atoms with van der Waals surface area (Å²) in [6.07, 6.45) is 10.1. The number of ether oxygens (including phenoxy) is 4. The van der Waals surface area contributed by atoms with Crippen LogP contribution in [-0.2, 0) is 53.4 Å². The molecular weight excluding hydrogens is 604 g/mol. The number of nitrogens with zero attached hydrogens (tertiary/aromatic N) is 2. The molecule has 0 unspecified atom stereocenters. The second kappa shape index (κ2) is 13.5. The zero-order valence-corrected chi connectivity index (χ0v) is 26.6. The van der Waals surface area contributed by atoms with Gasteiger partial charge in [-0.05, 0) is 76.3 Å². The molecule has 0 amide bonds. The second-order valence-corrected chi connectivity index (χ2v) is 14.5. The molecule has 4 aliphatic carbocycles. The number of carbonyl (C=O) groups is 4. The molecule has 4 aliphatic rings. The Balaban J connectivity index is 1.15. The molecule has 0 spiro atoms. The largest absolute Gasteiger partial charge is 0.460 e. The Kier molecular flexibility index (Phi) is 9.46. The van der Waals surface area contributed by atoms with E-state index in [1.165, 1.54) is 0 Å². The smallest absolute Gasteiger partial charge is 0.314 e. The van der Waals surface area contributed by atoms with Crippen molar-refractivity contribution in [1.82, 2.24) is 9.97 Å². The van der Waals surface area contributed by atoms with Crippen LogP contribution in [0.15, 0.2) is 12.4 Å². The lowest BCUT2D eigenvalue weighted by Crippen LogP contribution is -2.15. The minimum absolute atomic E-state index is 0.0145. The molecule has 6 rings (SSSR count). The molecule has 0 atom stereocenters. The van der Waals surface area contributed by atoms with E-state index in [2.05, 4.69) is 9.97 Å². The van der Waals surface area contributed by atoms with E-state index in [0.717, 1.165) is 62.5 Å². The van der Waals surface area contributed by atoms with Gasteiger partial charge in [0.2, 0.25) is 0 Å². The summed E-state index contributed by atoms with van der Waals surface area (Å²) in [5.41, 5.74) is 4.09. The zero-order chi connectivity index (χ0) is 30.8. The quantitative estimate of drug-likeness (QED) is 0.134. The summed E-state index contributed by atoms with van der Waals surface area (Å²) in [5, 5.41) is 0. The number of pyridine rings is 2. The van der Waals surface area contributed by atoms with Crippen LogP contribution >= 0.6 is 21.6 Å². The molecule has 2 aromatic rings. The number of hydrogen-bond donors (Lipinski definition) is 0. The Hall–Kier alpha value is -3.12. The second-order valence-electron chi connectivity index (χ2n) is 12.0. The van der Waals surface area contributed by atoms with Gasteiger partial charge in [-0.25, -0.2) is 0 Å². The fourth-order valence-corrected chi connectivity index (χ4v) is 6.74. The number of esters is 4. The van der Waals surface area contributed by atoms with Crippen molar-refractivity contribution in [3.05, 3.63) is 46.0 Å². The molecule has 0 aliphatic heterocycles. The van der Waals surface area contributed by atoms with Gasteiger partial charge in [-0.3, -0.25) is 29.1 Å².